The molecule has 1 aromatic carbocycles. The number of nitrogens with zero attached hydrogens (tertiary/aromatic N) is 2. The van der Waals surface area contributed by atoms with Crippen molar-refractivity contribution in [1.82, 2.24) is 20.2 Å². The number of hydrogen-bond donors (Lipinski definition) is 2. The Labute approximate surface area is 172 Å². The fourth-order valence-electron chi connectivity index (χ4n) is 3.75. The molecule has 0 aliphatic carbocycles. The van der Waals surface area contributed by atoms with Gasteiger partial charge in [-0.3, -0.25) is 9.69 Å². The zero-order valence-corrected chi connectivity index (χ0v) is 17.7. The van der Waals surface area contributed by atoms with E-state index in [1.807, 2.05) is 18.2 Å². The lowest BCUT2D eigenvalue weighted by molar-refractivity contribution is -0.123. The minimum atomic E-state index is -0.108. The normalized spacial score (nSPS) is 17.1. The smallest absolute Gasteiger partial charge is 0.257 e. The summed E-state index contributed by atoms with van der Waals surface area (Å²) in [7, 11) is 1.59. The standard InChI is InChI=1S/C22H32N4O3/c1-4-21-24-16(2)18(25-21)14-26-11-7-8-17(13-26)12-23-22(27)15-29-20-10-6-5-9-19(20)28-3/h5-6,9-10,17H,4,7-8,11-15H2,1-3H3,(H,23,27)(H,24,25). The number of para-hydroxylation sites is 2. The molecule has 2 aromatic rings. The summed E-state index contributed by atoms with van der Waals surface area (Å²) in [6, 6.07) is 7.34. The molecule has 1 amide bonds. The summed E-state index contributed by atoms with van der Waals surface area (Å²) in [6.07, 6.45) is 3.19. The van der Waals surface area contributed by atoms with Gasteiger partial charge >= 0.3 is 0 Å². The van der Waals surface area contributed by atoms with Gasteiger partial charge in [-0.05, 0) is 44.4 Å². The second-order valence-electron chi connectivity index (χ2n) is 7.60. The van der Waals surface area contributed by atoms with E-state index in [2.05, 4.69) is 29.0 Å². The topological polar surface area (TPSA) is 79.5 Å². The number of amides is 1. The van der Waals surface area contributed by atoms with Crippen LogP contribution in [-0.2, 0) is 17.8 Å². The van der Waals surface area contributed by atoms with Crippen LogP contribution in [-0.4, -0.2) is 54.1 Å². The zero-order valence-electron chi connectivity index (χ0n) is 17.7. The monoisotopic (exact) mass is 400 g/mol. The fourth-order valence-corrected chi connectivity index (χ4v) is 3.75. The van der Waals surface area contributed by atoms with Crippen LogP contribution in [0.25, 0.3) is 0 Å². The van der Waals surface area contributed by atoms with Gasteiger partial charge in [-0.15, -0.1) is 0 Å². The highest BCUT2D eigenvalue weighted by atomic mass is 16.5. The molecule has 158 valence electrons. The first-order valence-electron chi connectivity index (χ1n) is 10.4. The van der Waals surface area contributed by atoms with Crippen LogP contribution in [0.1, 0.15) is 37.0 Å². The van der Waals surface area contributed by atoms with Crippen molar-refractivity contribution in [3.63, 3.8) is 0 Å². The predicted molar refractivity (Wildman–Crippen MR) is 112 cm³/mol. The van der Waals surface area contributed by atoms with Crippen LogP contribution in [0.3, 0.4) is 0 Å². The maximum atomic E-state index is 12.2. The number of piperidine rings is 1. The van der Waals surface area contributed by atoms with E-state index in [0.717, 1.165) is 56.1 Å². The van der Waals surface area contributed by atoms with Gasteiger partial charge < -0.3 is 19.8 Å². The van der Waals surface area contributed by atoms with Gasteiger partial charge in [0.05, 0.1) is 12.8 Å². The Bertz CT molecular complexity index is 805. The molecule has 1 saturated heterocycles. The Balaban J connectivity index is 1.43. The van der Waals surface area contributed by atoms with Crippen molar-refractivity contribution in [3.05, 3.63) is 41.5 Å². The Morgan fingerprint density at radius 2 is 2.14 bits per heavy atom. The molecule has 1 atom stereocenters. The largest absolute Gasteiger partial charge is 0.493 e. The number of benzene rings is 1. The highest BCUT2D eigenvalue weighted by molar-refractivity contribution is 5.77. The molecule has 2 N–H and O–H groups in total. The summed E-state index contributed by atoms with van der Waals surface area (Å²) in [6.45, 7) is 7.78. The van der Waals surface area contributed by atoms with Gasteiger partial charge in [0, 0.05) is 31.7 Å². The molecular formula is C22H32N4O3. The molecule has 3 rings (SSSR count). The number of hydrogen-bond acceptors (Lipinski definition) is 5. The third-order valence-corrected chi connectivity index (χ3v) is 5.36. The number of rotatable bonds is 9. The summed E-state index contributed by atoms with van der Waals surface area (Å²) in [5.74, 6) is 2.60. The van der Waals surface area contributed by atoms with E-state index >= 15 is 0 Å². The van der Waals surface area contributed by atoms with Gasteiger partial charge in [-0.25, -0.2) is 4.98 Å². The molecule has 0 spiro atoms. The first kappa shape index (κ1) is 21.2. The molecule has 29 heavy (non-hydrogen) atoms. The summed E-state index contributed by atoms with van der Waals surface area (Å²) >= 11 is 0. The Kier molecular flexibility index (Phi) is 7.52. The first-order valence-corrected chi connectivity index (χ1v) is 10.4. The third kappa shape index (κ3) is 5.97. The van der Waals surface area contributed by atoms with Crippen molar-refractivity contribution < 1.29 is 14.3 Å². The van der Waals surface area contributed by atoms with Crippen molar-refractivity contribution in [2.45, 2.75) is 39.7 Å². The number of carbonyl (C=O) groups is 1. The van der Waals surface area contributed by atoms with E-state index in [4.69, 9.17) is 14.5 Å². The van der Waals surface area contributed by atoms with Crippen LogP contribution >= 0.6 is 0 Å². The quantitative estimate of drug-likeness (QED) is 0.677. The van der Waals surface area contributed by atoms with Crippen LogP contribution in [0.15, 0.2) is 24.3 Å². The molecule has 1 aromatic heterocycles. The molecule has 2 heterocycles. The van der Waals surface area contributed by atoms with Crippen LogP contribution in [0.5, 0.6) is 11.5 Å². The number of methoxy groups -OCH3 is 1. The van der Waals surface area contributed by atoms with Crippen molar-refractivity contribution in [2.75, 3.05) is 33.4 Å². The van der Waals surface area contributed by atoms with Gasteiger partial charge in [-0.2, -0.15) is 0 Å². The molecular weight excluding hydrogens is 368 g/mol. The third-order valence-electron chi connectivity index (χ3n) is 5.36. The predicted octanol–water partition coefficient (Wildman–Crippen LogP) is 2.70. The molecule has 7 nitrogen and oxygen atoms in total. The van der Waals surface area contributed by atoms with Gasteiger partial charge in [0.25, 0.3) is 5.91 Å². The summed E-state index contributed by atoms with van der Waals surface area (Å²) in [5, 5.41) is 3.02. The van der Waals surface area contributed by atoms with E-state index in [1.165, 1.54) is 0 Å². The minimum absolute atomic E-state index is 0.0108. The number of aryl methyl sites for hydroxylation is 2. The number of aromatic nitrogens is 2. The lowest BCUT2D eigenvalue weighted by atomic mass is 9.98. The van der Waals surface area contributed by atoms with Crippen molar-refractivity contribution in [1.29, 1.82) is 0 Å². The average Bonchev–Trinajstić information content (AvgIpc) is 3.10. The van der Waals surface area contributed by atoms with Crippen LogP contribution in [0.2, 0.25) is 0 Å². The SMILES string of the molecule is CCc1nc(CN2CCCC(CNC(=O)COc3ccccc3OC)C2)c(C)[nH]1. The molecule has 1 aliphatic rings. The van der Waals surface area contributed by atoms with E-state index in [0.29, 0.717) is 24.0 Å². The molecule has 7 heteroatoms. The fraction of sp³-hybridized carbons (Fsp3) is 0.545. The number of imidazole rings is 1. The average molecular weight is 401 g/mol. The van der Waals surface area contributed by atoms with E-state index < -0.39 is 0 Å². The second kappa shape index (κ2) is 10.3. The van der Waals surface area contributed by atoms with Crippen LogP contribution < -0.4 is 14.8 Å². The summed E-state index contributed by atoms with van der Waals surface area (Å²) < 4.78 is 10.8. The summed E-state index contributed by atoms with van der Waals surface area (Å²) in [5.41, 5.74) is 2.29. The number of ether oxygens (including phenoxy) is 2. The number of likely N-dealkylation sites (tertiary alicyclic amines) is 1. The Hall–Kier alpha value is -2.54. The molecule has 1 aliphatic heterocycles. The lowest BCUT2D eigenvalue weighted by Crippen LogP contribution is -2.41. The highest BCUT2D eigenvalue weighted by Crippen LogP contribution is 2.25. The van der Waals surface area contributed by atoms with Gasteiger partial charge in [-0.1, -0.05) is 19.1 Å². The zero-order chi connectivity index (χ0) is 20.6. The molecule has 0 radical (unpaired) electrons. The van der Waals surface area contributed by atoms with Gasteiger partial charge in [0.1, 0.15) is 5.82 Å². The first-order chi connectivity index (χ1) is 14.1. The van der Waals surface area contributed by atoms with Crippen molar-refractivity contribution in [2.24, 2.45) is 5.92 Å². The summed E-state index contributed by atoms with van der Waals surface area (Å²) in [4.78, 5) is 22.7. The number of aromatic amines is 1. The van der Waals surface area contributed by atoms with Crippen LogP contribution in [0, 0.1) is 12.8 Å². The molecule has 0 bridgehead atoms. The molecule has 0 saturated carbocycles. The van der Waals surface area contributed by atoms with E-state index in [-0.39, 0.29) is 12.5 Å². The van der Waals surface area contributed by atoms with E-state index in [1.54, 1.807) is 13.2 Å². The molecule has 1 fully saturated rings. The number of nitrogens with one attached hydrogen (secondary N) is 2. The Morgan fingerprint density at radius 1 is 1.34 bits per heavy atom. The maximum Gasteiger partial charge on any atom is 0.257 e. The van der Waals surface area contributed by atoms with Crippen LogP contribution in [0.4, 0.5) is 0 Å². The van der Waals surface area contributed by atoms with Gasteiger partial charge in [0.15, 0.2) is 18.1 Å². The second-order valence-corrected chi connectivity index (χ2v) is 7.60. The lowest BCUT2D eigenvalue weighted by Gasteiger charge is -2.32. The van der Waals surface area contributed by atoms with Crippen molar-refractivity contribution >= 4 is 5.91 Å². The highest BCUT2D eigenvalue weighted by Gasteiger charge is 2.22. The minimum Gasteiger partial charge on any atom is -0.493 e. The maximum absolute atomic E-state index is 12.2. The van der Waals surface area contributed by atoms with E-state index in [9.17, 15) is 4.79 Å². The van der Waals surface area contributed by atoms with Gasteiger partial charge in [0.2, 0.25) is 0 Å². The number of H-pyrrole nitrogens is 1. The Morgan fingerprint density at radius 3 is 2.86 bits per heavy atom. The molecule has 1 unspecified atom stereocenters. The number of carbonyl (C=O) groups excluding carboxylic acids is 1. The van der Waals surface area contributed by atoms with Crippen molar-refractivity contribution in [3.8, 4) is 11.5 Å².